The lowest BCUT2D eigenvalue weighted by Gasteiger charge is -2.30. The molecule has 1 saturated heterocycles. The Hall–Kier alpha value is -4.60. The lowest BCUT2D eigenvalue weighted by molar-refractivity contribution is -0.384. The normalized spacial score (nSPS) is 18.6. The van der Waals surface area contributed by atoms with Gasteiger partial charge in [0.1, 0.15) is 11.8 Å². The van der Waals surface area contributed by atoms with E-state index in [2.05, 4.69) is 21.2 Å². The fourth-order valence-corrected chi connectivity index (χ4v) is 8.73. The Kier molecular flexibility index (Phi) is 8.63. The summed E-state index contributed by atoms with van der Waals surface area (Å²) in [4.78, 5) is 78.1. The quantitative estimate of drug-likeness (QED) is 0.112. The highest BCUT2D eigenvalue weighted by molar-refractivity contribution is 9.10. The molecule has 0 aliphatic carbocycles. The van der Waals surface area contributed by atoms with Crippen LogP contribution in [-0.2, 0) is 25.7 Å². The maximum Gasteiger partial charge on any atom is 0.338 e. The summed E-state index contributed by atoms with van der Waals surface area (Å²) in [6.45, 7) is 1.58. The highest BCUT2D eigenvalue weighted by Crippen LogP contribution is 2.54. The van der Waals surface area contributed by atoms with Crippen molar-refractivity contribution in [2.75, 3.05) is 16.8 Å². The molecule has 1 aromatic heterocycles. The van der Waals surface area contributed by atoms with E-state index in [-0.39, 0.29) is 24.5 Å². The molecule has 3 amide bonds. The molecule has 2 aliphatic rings. The van der Waals surface area contributed by atoms with Crippen LogP contribution in [0.25, 0.3) is 0 Å². The molecule has 0 radical (unpaired) electrons. The van der Waals surface area contributed by atoms with E-state index < -0.39 is 50.6 Å². The predicted molar refractivity (Wildman–Crippen MR) is 174 cm³/mol. The number of nitro benzene ring substituents is 1. The number of fused-ring (bicyclic) bond motifs is 2. The first-order valence-corrected chi connectivity index (χ1v) is 16.4. The molecule has 4 aromatic rings. The van der Waals surface area contributed by atoms with E-state index >= 15 is 0 Å². The van der Waals surface area contributed by atoms with Crippen molar-refractivity contribution < 1.29 is 28.8 Å². The molecule has 0 bridgehead atoms. The number of amides is 3. The number of halogens is 1. The lowest BCUT2D eigenvalue weighted by Crippen LogP contribution is -2.33. The fraction of sp³-hybridized carbons (Fsp3) is 0.194. The third-order valence-corrected chi connectivity index (χ3v) is 10.7. The number of non-ortho nitro benzene ring substituents is 1. The van der Waals surface area contributed by atoms with Crippen molar-refractivity contribution in [3.8, 4) is 0 Å². The van der Waals surface area contributed by atoms with Gasteiger partial charge in [0.15, 0.2) is 0 Å². The van der Waals surface area contributed by atoms with E-state index in [1.807, 2.05) is 18.2 Å². The van der Waals surface area contributed by atoms with Crippen LogP contribution in [0.15, 0.2) is 87.1 Å². The SMILES string of the molecule is CCOC(=O)c1ccc(NC(=O)Cn2c3c(sc2=O)[C@H](c2cccc(Br)c2)C2C(=O)N(c4ccc([N+](=O)[O-])cc4)C(=O)C2S3)cc1. The van der Waals surface area contributed by atoms with E-state index in [1.54, 1.807) is 25.1 Å². The third-order valence-electron chi connectivity index (χ3n) is 7.56. The topological polar surface area (TPSA) is 158 Å². The highest BCUT2D eigenvalue weighted by Gasteiger charge is 2.56. The number of benzene rings is 3. The van der Waals surface area contributed by atoms with Crippen LogP contribution in [0.3, 0.4) is 0 Å². The number of nitro groups is 1. The van der Waals surface area contributed by atoms with Crippen LogP contribution in [0.4, 0.5) is 17.1 Å². The van der Waals surface area contributed by atoms with Gasteiger partial charge < -0.3 is 10.1 Å². The molecular weight excluding hydrogens is 700 g/mol. The molecule has 2 aliphatic heterocycles. The van der Waals surface area contributed by atoms with E-state index in [4.69, 9.17) is 4.74 Å². The molecule has 3 atom stereocenters. The van der Waals surface area contributed by atoms with E-state index in [9.17, 15) is 34.1 Å². The van der Waals surface area contributed by atoms with E-state index in [0.29, 0.717) is 26.7 Å². The van der Waals surface area contributed by atoms with Crippen LogP contribution in [-0.4, -0.2) is 45.0 Å². The van der Waals surface area contributed by atoms with Gasteiger partial charge in [0.05, 0.1) is 33.7 Å². The van der Waals surface area contributed by atoms with Gasteiger partial charge in [-0.1, -0.05) is 51.2 Å². The molecule has 3 aromatic carbocycles. The number of aromatic nitrogens is 1. The number of anilines is 2. The number of thioether (sulfide) groups is 1. The van der Waals surface area contributed by atoms with E-state index in [1.165, 1.54) is 41.0 Å². The first-order chi connectivity index (χ1) is 22.1. The van der Waals surface area contributed by atoms with Crippen LogP contribution in [0.2, 0.25) is 0 Å². The molecule has 46 heavy (non-hydrogen) atoms. The molecule has 2 unspecified atom stereocenters. The summed E-state index contributed by atoms with van der Waals surface area (Å²) in [5.41, 5.74) is 1.47. The van der Waals surface area contributed by atoms with Crippen molar-refractivity contribution >= 4 is 79.8 Å². The number of hydrogen-bond acceptors (Lipinski definition) is 10. The number of rotatable bonds is 8. The van der Waals surface area contributed by atoms with Crippen LogP contribution in [0.1, 0.15) is 33.6 Å². The Labute approximate surface area is 277 Å². The summed E-state index contributed by atoms with van der Waals surface area (Å²) < 4.78 is 7.03. The Morgan fingerprint density at radius 1 is 1.02 bits per heavy atom. The summed E-state index contributed by atoms with van der Waals surface area (Å²) >= 11 is 5.46. The minimum atomic E-state index is -0.919. The van der Waals surface area contributed by atoms with Gasteiger partial charge in [-0.05, 0) is 61.0 Å². The number of nitrogens with one attached hydrogen (secondary N) is 1. The summed E-state index contributed by atoms with van der Waals surface area (Å²) in [5.74, 6) is -3.53. The fourth-order valence-electron chi connectivity index (χ4n) is 5.54. The second kappa shape index (κ2) is 12.7. The van der Waals surface area contributed by atoms with Gasteiger partial charge in [-0.3, -0.25) is 33.9 Å². The highest BCUT2D eigenvalue weighted by atomic mass is 79.9. The maximum atomic E-state index is 14.0. The molecule has 12 nitrogen and oxygen atoms in total. The maximum absolute atomic E-state index is 14.0. The molecular formula is C31H23BrN4O8S2. The zero-order valence-corrected chi connectivity index (χ0v) is 27.1. The second-order valence-corrected chi connectivity index (χ2v) is 13.4. The molecule has 0 saturated carbocycles. The minimum absolute atomic E-state index is 0.180. The van der Waals surface area contributed by atoms with Crippen LogP contribution < -0.4 is 15.1 Å². The smallest absolute Gasteiger partial charge is 0.338 e. The summed E-state index contributed by atoms with van der Waals surface area (Å²) in [6.07, 6.45) is 0. The van der Waals surface area contributed by atoms with Crippen molar-refractivity contribution in [1.29, 1.82) is 0 Å². The number of carbonyl (C=O) groups excluding carboxylic acids is 4. The lowest BCUT2D eigenvalue weighted by atomic mass is 9.83. The first kappa shape index (κ1) is 31.4. The van der Waals surface area contributed by atoms with Crippen molar-refractivity contribution in [2.45, 2.75) is 29.7 Å². The summed E-state index contributed by atoms with van der Waals surface area (Å²) in [6, 6.07) is 18.6. The number of nitrogens with zero attached hydrogens (tertiary/aromatic N) is 3. The van der Waals surface area contributed by atoms with Crippen molar-refractivity contribution in [1.82, 2.24) is 4.57 Å². The zero-order chi connectivity index (χ0) is 32.7. The number of hydrogen-bond donors (Lipinski definition) is 1. The Bertz CT molecular complexity index is 1960. The number of esters is 1. The second-order valence-electron chi connectivity index (χ2n) is 10.4. The molecule has 6 rings (SSSR count). The van der Waals surface area contributed by atoms with Gasteiger partial charge in [-0.15, -0.1) is 0 Å². The molecule has 1 fully saturated rings. The Morgan fingerprint density at radius 3 is 2.39 bits per heavy atom. The van der Waals surface area contributed by atoms with Gasteiger partial charge in [-0.2, -0.15) is 0 Å². The molecule has 15 heteroatoms. The van der Waals surface area contributed by atoms with Gasteiger partial charge in [-0.25, -0.2) is 9.69 Å². The van der Waals surface area contributed by atoms with Gasteiger partial charge in [0.25, 0.3) is 5.69 Å². The largest absolute Gasteiger partial charge is 0.462 e. The van der Waals surface area contributed by atoms with Crippen molar-refractivity contribution in [3.05, 3.63) is 113 Å². The van der Waals surface area contributed by atoms with Crippen LogP contribution in [0.5, 0.6) is 0 Å². The van der Waals surface area contributed by atoms with Gasteiger partial charge in [0, 0.05) is 33.1 Å². The average Bonchev–Trinajstić information content (AvgIpc) is 3.47. The summed E-state index contributed by atoms with van der Waals surface area (Å²) in [7, 11) is 0. The number of imide groups is 1. The summed E-state index contributed by atoms with van der Waals surface area (Å²) in [5, 5.41) is 13.4. The first-order valence-electron chi connectivity index (χ1n) is 13.9. The monoisotopic (exact) mass is 722 g/mol. The minimum Gasteiger partial charge on any atom is -0.462 e. The molecule has 3 heterocycles. The van der Waals surface area contributed by atoms with Crippen LogP contribution >= 0.6 is 39.0 Å². The van der Waals surface area contributed by atoms with Gasteiger partial charge >= 0.3 is 10.8 Å². The number of carbonyl (C=O) groups is 4. The average molecular weight is 724 g/mol. The molecule has 1 N–H and O–H groups in total. The molecule has 0 spiro atoms. The van der Waals surface area contributed by atoms with Crippen molar-refractivity contribution in [3.63, 3.8) is 0 Å². The number of thiazole rings is 1. The number of ether oxygens (including phenoxy) is 1. The molecule has 234 valence electrons. The van der Waals surface area contributed by atoms with Crippen LogP contribution in [0, 0.1) is 16.0 Å². The van der Waals surface area contributed by atoms with Crippen molar-refractivity contribution in [2.24, 2.45) is 5.92 Å². The third kappa shape index (κ3) is 5.76. The Morgan fingerprint density at radius 2 is 1.74 bits per heavy atom. The standard InChI is InChI=1S/C31H23BrN4O8S2/c1-2-44-30(40)16-6-8-19(9-7-16)33-22(37)15-34-29-26(46-31(34)41)23(17-4-3-5-18(32)14-17)24-25(45-29)28(39)35(27(24)38)20-10-12-21(13-11-20)36(42)43/h3-14,23-25H,2,15H2,1H3,(H,33,37)/t23-,24?,25?/m1/s1. The predicted octanol–water partition coefficient (Wildman–Crippen LogP) is 5.19. The van der Waals surface area contributed by atoms with Gasteiger partial charge in [0.2, 0.25) is 17.7 Å². The van der Waals surface area contributed by atoms with E-state index in [0.717, 1.165) is 32.5 Å². The zero-order valence-electron chi connectivity index (χ0n) is 23.9. The Balaban J connectivity index is 1.33.